The van der Waals surface area contributed by atoms with Crippen LogP contribution in [0.5, 0.6) is 0 Å². The van der Waals surface area contributed by atoms with Crippen LogP contribution < -0.4 is 0 Å². The maximum Gasteiger partial charge on any atom is 0.258 e. The Morgan fingerprint density at radius 2 is 1.81 bits per heavy atom. The first-order valence-corrected chi connectivity index (χ1v) is 6.85. The van der Waals surface area contributed by atoms with E-state index in [-0.39, 0.29) is 0 Å². The summed E-state index contributed by atoms with van der Waals surface area (Å²) in [4.78, 5) is 8.44. The van der Waals surface area contributed by atoms with Crippen LogP contribution in [0.25, 0.3) is 22.5 Å². The highest BCUT2D eigenvalue weighted by atomic mass is 32.1. The van der Waals surface area contributed by atoms with Crippen LogP contribution in [0.2, 0.25) is 0 Å². The first-order chi connectivity index (χ1) is 10.3. The van der Waals surface area contributed by atoms with Crippen molar-refractivity contribution in [1.29, 1.82) is 0 Å². The van der Waals surface area contributed by atoms with E-state index < -0.39 is 0 Å². The molecule has 104 valence electrons. The maximum atomic E-state index is 5.26. The summed E-state index contributed by atoms with van der Waals surface area (Å²) in [5.74, 6) is 1.97. The fourth-order valence-corrected chi connectivity index (χ4v) is 2.43. The normalized spacial score (nSPS) is 11.3. The zero-order valence-corrected chi connectivity index (χ0v) is 11.7. The minimum absolute atomic E-state index is 0.362. The maximum absolute atomic E-state index is 5.26. The van der Waals surface area contributed by atoms with Crippen molar-refractivity contribution in [2.45, 2.75) is 13.3 Å². The van der Waals surface area contributed by atoms with Crippen LogP contribution in [0.1, 0.15) is 17.5 Å². The van der Waals surface area contributed by atoms with Crippen LogP contribution in [0.15, 0.2) is 27.2 Å². The smallest absolute Gasteiger partial charge is 0.258 e. The molecule has 3 aromatic heterocycles. The van der Waals surface area contributed by atoms with E-state index in [1.54, 1.807) is 6.92 Å². The molecule has 1 aromatic carbocycles. The number of fused-ring (bicyclic) bond motifs is 1. The minimum Gasteiger partial charge on any atom is -0.340 e. The van der Waals surface area contributed by atoms with Crippen molar-refractivity contribution in [2.75, 3.05) is 0 Å². The minimum atomic E-state index is 0.362. The summed E-state index contributed by atoms with van der Waals surface area (Å²) >= 11 is 1.17. The number of hydrogen-bond acceptors (Lipinski definition) is 9. The van der Waals surface area contributed by atoms with Crippen molar-refractivity contribution in [3.05, 3.63) is 35.7 Å². The molecule has 8 nitrogen and oxygen atoms in total. The summed E-state index contributed by atoms with van der Waals surface area (Å²) < 4.78 is 18.5. The van der Waals surface area contributed by atoms with Gasteiger partial charge >= 0.3 is 0 Å². The first kappa shape index (κ1) is 12.1. The summed E-state index contributed by atoms with van der Waals surface area (Å²) in [6.45, 7) is 1.73. The zero-order valence-electron chi connectivity index (χ0n) is 10.8. The van der Waals surface area contributed by atoms with Crippen LogP contribution >= 0.6 is 11.7 Å². The van der Waals surface area contributed by atoms with Gasteiger partial charge in [0.25, 0.3) is 5.89 Å². The van der Waals surface area contributed by atoms with Crippen molar-refractivity contribution in [3.63, 3.8) is 0 Å². The average molecular weight is 300 g/mol. The summed E-state index contributed by atoms with van der Waals surface area (Å²) in [6, 6.07) is 5.62. The summed E-state index contributed by atoms with van der Waals surface area (Å²) in [7, 11) is 0. The molecule has 0 bridgehead atoms. The number of hydrogen-bond donors (Lipinski definition) is 0. The molecule has 0 aliphatic rings. The van der Waals surface area contributed by atoms with Gasteiger partial charge in [0.05, 0.1) is 18.1 Å². The summed E-state index contributed by atoms with van der Waals surface area (Å²) in [6.07, 6.45) is 0.362. The van der Waals surface area contributed by atoms with E-state index >= 15 is 0 Å². The lowest BCUT2D eigenvalue weighted by atomic mass is 10.2. The molecule has 0 unspecified atom stereocenters. The Morgan fingerprint density at radius 1 is 1.00 bits per heavy atom. The molecular weight excluding hydrogens is 292 g/mol. The van der Waals surface area contributed by atoms with Gasteiger partial charge in [-0.3, -0.25) is 0 Å². The third kappa shape index (κ3) is 2.27. The Bertz CT molecular complexity index is 911. The SMILES string of the molecule is Cc1nc(Cc2noc(-c3ccc4nsnc4c3)n2)no1. The quantitative estimate of drug-likeness (QED) is 0.566. The number of aryl methyl sites for hydroxylation is 1. The van der Waals surface area contributed by atoms with Gasteiger partial charge in [-0.05, 0) is 18.2 Å². The zero-order chi connectivity index (χ0) is 14.2. The van der Waals surface area contributed by atoms with Gasteiger partial charge in [0.2, 0.25) is 5.89 Å². The van der Waals surface area contributed by atoms with E-state index in [0.717, 1.165) is 16.6 Å². The molecule has 0 fully saturated rings. The molecule has 0 radical (unpaired) electrons. The van der Waals surface area contributed by atoms with Gasteiger partial charge in [0.15, 0.2) is 11.6 Å². The highest BCUT2D eigenvalue weighted by molar-refractivity contribution is 7.00. The van der Waals surface area contributed by atoms with Gasteiger partial charge in [0.1, 0.15) is 11.0 Å². The molecule has 0 saturated carbocycles. The Hall–Kier alpha value is -2.68. The van der Waals surface area contributed by atoms with Gasteiger partial charge < -0.3 is 9.05 Å². The standard InChI is InChI=1S/C12H8N6O2S/c1-6-13-10(15-19-6)5-11-14-12(20-16-11)7-2-3-8-9(4-7)18-21-17-8/h2-4H,5H2,1H3. The Labute approximate surface area is 122 Å². The summed E-state index contributed by atoms with van der Waals surface area (Å²) in [5.41, 5.74) is 2.47. The van der Waals surface area contributed by atoms with Gasteiger partial charge in [-0.25, -0.2) is 0 Å². The first-order valence-electron chi connectivity index (χ1n) is 6.12. The molecular formula is C12H8N6O2S. The molecule has 0 aliphatic carbocycles. The van der Waals surface area contributed by atoms with Crippen molar-refractivity contribution in [1.82, 2.24) is 29.0 Å². The van der Waals surface area contributed by atoms with Crippen LogP contribution in [0.3, 0.4) is 0 Å². The van der Waals surface area contributed by atoms with Crippen LogP contribution in [0, 0.1) is 6.92 Å². The summed E-state index contributed by atoms with van der Waals surface area (Å²) in [5, 5.41) is 7.73. The van der Waals surface area contributed by atoms with Crippen molar-refractivity contribution < 1.29 is 9.05 Å². The lowest BCUT2D eigenvalue weighted by Crippen LogP contribution is -1.93. The van der Waals surface area contributed by atoms with Crippen molar-refractivity contribution >= 4 is 22.8 Å². The molecule has 4 rings (SSSR count). The molecule has 9 heteroatoms. The van der Waals surface area contributed by atoms with Crippen LogP contribution in [0.4, 0.5) is 0 Å². The fraction of sp³-hybridized carbons (Fsp3) is 0.167. The average Bonchev–Trinajstić information content (AvgIpc) is 3.19. The van der Waals surface area contributed by atoms with E-state index in [1.165, 1.54) is 11.7 Å². The predicted molar refractivity (Wildman–Crippen MR) is 72.5 cm³/mol. The van der Waals surface area contributed by atoms with E-state index in [1.807, 2.05) is 18.2 Å². The molecule has 3 heterocycles. The predicted octanol–water partition coefficient (Wildman–Crippen LogP) is 2.02. The third-order valence-electron chi connectivity index (χ3n) is 2.85. The van der Waals surface area contributed by atoms with Gasteiger partial charge in [-0.15, -0.1) is 0 Å². The van der Waals surface area contributed by atoms with E-state index in [2.05, 4.69) is 29.0 Å². The van der Waals surface area contributed by atoms with E-state index in [4.69, 9.17) is 9.05 Å². The third-order valence-corrected chi connectivity index (χ3v) is 3.41. The van der Waals surface area contributed by atoms with E-state index in [0.29, 0.717) is 29.9 Å². The van der Waals surface area contributed by atoms with Crippen LogP contribution in [-0.4, -0.2) is 29.0 Å². The number of benzene rings is 1. The molecule has 0 amide bonds. The molecule has 4 aromatic rings. The largest absolute Gasteiger partial charge is 0.340 e. The molecule has 0 aliphatic heterocycles. The van der Waals surface area contributed by atoms with Crippen molar-refractivity contribution in [3.8, 4) is 11.5 Å². The van der Waals surface area contributed by atoms with Crippen molar-refractivity contribution in [2.24, 2.45) is 0 Å². The second-order valence-electron chi connectivity index (χ2n) is 4.39. The Balaban J connectivity index is 1.63. The van der Waals surface area contributed by atoms with Crippen LogP contribution in [-0.2, 0) is 6.42 Å². The van der Waals surface area contributed by atoms with Gasteiger partial charge in [0, 0.05) is 12.5 Å². The van der Waals surface area contributed by atoms with Gasteiger partial charge in [-0.1, -0.05) is 10.3 Å². The molecule has 21 heavy (non-hydrogen) atoms. The molecule has 0 spiro atoms. The Morgan fingerprint density at radius 3 is 2.67 bits per heavy atom. The Kier molecular flexibility index (Phi) is 2.71. The fourth-order valence-electron chi connectivity index (χ4n) is 1.91. The lowest BCUT2D eigenvalue weighted by Gasteiger charge is -1.92. The monoisotopic (exact) mass is 300 g/mol. The lowest BCUT2D eigenvalue weighted by molar-refractivity contribution is 0.387. The topological polar surface area (TPSA) is 104 Å². The molecule has 0 N–H and O–H groups in total. The highest BCUT2D eigenvalue weighted by Crippen LogP contribution is 2.22. The second-order valence-corrected chi connectivity index (χ2v) is 4.92. The second kappa shape index (κ2) is 4.70. The highest BCUT2D eigenvalue weighted by Gasteiger charge is 2.13. The number of nitrogens with zero attached hydrogens (tertiary/aromatic N) is 6. The number of rotatable bonds is 3. The number of aromatic nitrogens is 6. The molecule has 0 saturated heterocycles. The van der Waals surface area contributed by atoms with Gasteiger partial charge in [-0.2, -0.15) is 18.7 Å². The van der Waals surface area contributed by atoms with E-state index in [9.17, 15) is 0 Å². The molecule has 0 atom stereocenters.